The molecule has 1 aromatic carbocycles. The summed E-state index contributed by atoms with van der Waals surface area (Å²) in [6, 6.07) is 6.66. The van der Waals surface area contributed by atoms with Crippen molar-refractivity contribution in [1.82, 2.24) is 0 Å². The molecule has 0 radical (unpaired) electrons. The molecule has 0 aromatic heterocycles. The number of rotatable bonds is 3. The lowest BCUT2D eigenvalue weighted by Gasteiger charge is -2.09. The van der Waals surface area contributed by atoms with Crippen LogP contribution in [0.4, 0.5) is 0 Å². The van der Waals surface area contributed by atoms with E-state index in [1.54, 1.807) is 24.3 Å². The minimum Gasteiger partial charge on any atom is -0.478 e. The lowest BCUT2D eigenvalue weighted by Crippen LogP contribution is -2.11. The smallest absolute Gasteiger partial charge is 0.335 e. The Kier molecular flexibility index (Phi) is 2.58. The Bertz CT molecular complexity index is 372. The fourth-order valence-electron chi connectivity index (χ4n) is 1.34. The molecule has 0 unspecified atom stereocenters. The Morgan fingerprint density at radius 2 is 1.80 bits per heavy atom. The minimum atomic E-state index is -0.920. The summed E-state index contributed by atoms with van der Waals surface area (Å²) in [5, 5.41) is 8.70. The van der Waals surface area contributed by atoms with Crippen molar-refractivity contribution >= 4 is 5.97 Å². The molecule has 0 atom stereocenters. The van der Waals surface area contributed by atoms with Crippen molar-refractivity contribution in [2.45, 2.75) is 12.7 Å². The zero-order chi connectivity index (χ0) is 10.7. The predicted octanol–water partition coefficient (Wildman–Crippen LogP) is 1.77. The van der Waals surface area contributed by atoms with E-state index in [9.17, 15) is 4.79 Å². The van der Waals surface area contributed by atoms with Gasteiger partial charge in [0.2, 0.25) is 6.29 Å². The first kappa shape index (κ1) is 9.58. The molecule has 0 bridgehead atoms. The normalized spacial score (nSPS) is 14.7. The van der Waals surface area contributed by atoms with Crippen LogP contribution in [0.5, 0.6) is 0 Å². The van der Waals surface area contributed by atoms with Gasteiger partial charge in [-0.2, -0.15) is 0 Å². The number of carboxylic acid groups (broad SMARTS) is 1. The maximum absolute atomic E-state index is 10.6. The average molecular weight is 206 g/mol. The van der Waals surface area contributed by atoms with Crippen LogP contribution in [0.1, 0.15) is 15.9 Å². The van der Waals surface area contributed by atoms with Gasteiger partial charge in [0.25, 0.3) is 0 Å². The highest BCUT2D eigenvalue weighted by atomic mass is 16.7. The average Bonchev–Trinajstić information content (AvgIpc) is 2.71. The molecule has 15 heavy (non-hydrogen) atoms. The van der Waals surface area contributed by atoms with Gasteiger partial charge in [-0.15, -0.1) is 0 Å². The molecule has 0 fully saturated rings. The molecule has 1 N–H and O–H groups in total. The van der Waals surface area contributed by atoms with Gasteiger partial charge in [-0.05, 0) is 17.7 Å². The van der Waals surface area contributed by atoms with Gasteiger partial charge in [-0.3, -0.25) is 0 Å². The van der Waals surface area contributed by atoms with Crippen molar-refractivity contribution in [3.63, 3.8) is 0 Å². The van der Waals surface area contributed by atoms with E-state index in [1.807, 2.05) is 0 Å². The molecule has 2 rings (SSSR count). The SMILES string of the molecule is O=C(O)c1ccc(CC2OC=CO2)cc1. The van der Waals surface area contributed by atoms with Gasteiger partial charge in [-0.25, -0.2) is 4.79 Å². The fourth-order valence-corrected chi connectivity index (χ4v) is 1.34. The summed E-state index contributed by atoms with van der Waals surface area (Å²) in [7, 11) is 0. The van der Waals surface area contributed by atoms with Gasteiger partial charge in [0.1, 0.15) is 12.5 Å². The topological polar surface area (TPSA) is 55.8 Å². The molecule has 78 valence electrons. The van der Waals surface area contributed by atoms with Crippen molar-refractivity contribution in [1.29, 1.82) is 0 Å². The second-order valence-electron chi connectivity index (χ2n) is 3.18. The van der Waals surface area contributed by atoms with E-state index in [4.69, 9.17) is 14.6 Å². The quantitative estimate of drug-likeness (QED) is 0.818. The lowest BCUT2D eigenvalue weighted by atomic mass is 10.1. The summed E-state index contributed by atoms with van der Waals surface area (Å²) in [5.74, 6) is -0.920. The first-order chi connectivity index (χ1) is 7.25. The third-order valence-corrected chi connectivity index (χ3v) is 2.12. The summed E-state index contributed by atoms with van der Waals surface area (Å²) < 4.78 is 10.2. The Morgan fingerprint density at radius 1 is 1.20 bits per heavy atom. The van der Waals surface area contributed by atoms with E-state index >= 15 is 0 Å². The van der Waals surface area contributed by atoms with E-state index in [2.05, 4.69) is 0 Å². The van der Waals surface area contributed by atoms with Crippen LogP contribution in [0.25, 0.3) is 0 Å². The molecule has 1 heterocycles. The van der Waals surface area contributed by atoms with Crippen LogP contribution >= 0.6 is 0 Å². The molecule has 0 spiro atoms. The second-order valence-corrected chi connectivity index (χ2v) is 3.18. The van der Waals surface area contributed by atoms with Crippen LogP contribution in [0.3, 0.4) is 0 Å². The van der Waals surface area contributed by atoms with Crippen molar-refractivity contribution < 1.29 is 19.4 Å². The van der Waals surface area contributed by atoms with E-state index < -0.39 is 5.97 Å². The number of benzene rings is 1. The highest BCUT2D eigenvalue weighted by Gasteiger charge is 2.13. The fraction of sp³-hybridized carbons (Fsp3) is 0.182. The van der Waals surface area contributed by atoms with Crippen LogP contribution in [-0.2, 0) is 15.9 Å². The molecule has 1 aliphatic heterocycles. The van der Waals surface area contributed by atoms with Crippen LogP contribution in [0, 0.1) is 0 Å². The van der Waals surface area contributed by atoms with Gasteiger partial charge in [0.05, 0.1) is 5.56 Å². The zero-order valence-corrected chi connectivity index (χ0v) is 7.92. The Labute approximate surface area is 86.7 Å². The highest BCUT2D eigenvalue weighted by Crippen LogP contribution is 2.13. The van der Waals surface area contributed by atoms with Crippen molar-refractivity contribution in [2.75, 3.05) is 0 Å². The monoisotopic (exact) mass is 206 g/mol. The van der Waals surface area contributed by atoms with E-state index in [1.165, 1.54) is 12.5 Å². The van der Waals surface area contributed by atoms with Gasteiger partial charge < -0.3 is 14.6 Å². The maximum Gasteiger partial charge on any atom is 0.335 e. The van der Waals surface area contributed by atoms with Crippen LogP contribution in [-0.4, -0.2) is 17.4 Å². The van der Waals surface area contributed by atoms with Crippen LogP contribution < -0.4 is 0 Å². The summed E-state index contributed by atoms with van der Waals surface area (Å²) in [5.41, 5.74) is 1.26. The van der Waals surface area contributed by atoms with Crippen LogP contribution in [0.15, 0.2) is 36.8 Å². The molecule has 1 aliphatic rings. The van der Waals surface area contributed by atoms with Gasteiger partial charge >= 0.3 is 5.97 Å². The summed E-state index contributed by atoms with van der Waals surface area (Å²) >= 11 is 0. The third-order valence-electron chi connectivity index (χ3n) is 2.12. The standard InChI is InChI=1S/C11H10O4/c12-11(13)9-3-1-8(2-4-9)7-10-14-5-6-15-10/h1-6,10H,7H2,(H,12,13). The van der Waals surface area contributed by atoms with E-state index in [0.717, 1.165) is 5.56 Å². The largest absolute Gasteiger partial charge is 0.478 e. The third kappa shape index (κ3) is 2.28. The molecule has 1 aromatic rings. The van der Waals surface area contributed by atoms with Crippen LogP contribution in [0.2, 0.25) is 0 Å². The Hall–Kier alpha value is -1.97. The van der Waals surface area contributed by atoms with Gasteiger partial charge in [0, 0.05) is 6.42 Å². The summed E-state index contributed by atoms with van der Waals surface area (Å²) in [6.45, 7) is 0. The molecule has 0 aliphatic carbocycles. The molecular formula is C11H10O4. The Balaban J connectivity index is 2.00. The van der Waals surface area contributed by atoms with E-state index in [-0.39, 0.29) is 11.9 Å². The second kappa shape index (κ2) is 4.04. The molecule has 0 saturated carbocycles. The Morgan fingerprint density at radius 3 is 2.33 bits per heavy atom. The summed E-state index contributed by atoms with van der Waals surface area (Å²) in [6.07, 6.45) is 3.31. The number of hydrogen-bond donors (Lipinski definition) is 1. The minimum absolute atomic E-state index is 0.283. The molecule has 4 nitrogen and oxygen atoms in total. The number of carboxylic acids is 1. The lowest BCUT2D eigenvalue weighted by molar-refractivity contribution is -0.0209. The van der Waals surface area contributed by atoms with Crippen molar-refractivity contribution in [3.8, 4) is 0 Å². The molecular weight excluding hydrogens is 196 g/mol. The van der Waals surface area contributed by atoms with Gasteiger partial charge in [0.15, 0.2) is 0 Å². The number of hydrogen-bond acceptors (Lipinski definition) is 3. The molecule has 0 amide bonds. The first-order valence-corrected chi connectivity index (χ1v) is 4.54. The first-order valence-electron chi connectivity index (χ1n) is 4.54. The molecule has 0 saturated heterocycles. The summed E-state index contributed by atoms with van der Waals surface area (Å²) in [4.78, 5) is 10.6. The highest BCUT2D eigenvalue weighted by molar-refractivity contribution is 5.87. The number of ether oxygens (including phenoxy) is 2. The number of aromatic carboxylic acids is 1. The molecule has 4 heteroatoms. The number of carbonyl (C=O) groups is 1. The van der Waals surface area contributed by atoms with Crippen molar-refractivity contribution in [2.24, 2.45) is 0 Å². The zero-order valence-electron chi connectivity index (χ0n) is 7.92. The van der Waals surface area contributed by atoms with Gasteiger partial charge in [-0.1, -0.05) is 12.1 Å². The predicted molar refractivity (Wildman–Crippen MR) is 52.2 cm³/mol. The van der Waals surface area contributed by atoms with Crippen molar-refractivity contribution in [3.05, 3.63) is 47.9 Å². The maximum atomic E-state index is 10.6. The van der Waals surface area contributed by atoms with E-state index in [0.29, 0.717) is 6.42 Å².